The zero-order chi connectivity index (χ0) is 26.1. The van der Waals surface area contributed by atoms with Gasteiger partial charge in [-0.05, 0) is 91.4 Å². The normalized spacial score (nSPS) is 10.9. The van der Waals surface area contributed by atoms with E-state index >= 15 is 0 Å². The van der Waals surface area contributed by atoms with E-state index in [2.05, 4.69) is 19.2 Å². The molecule has 0 aliphatic carbocycles. The summed E-state index contributed by atoms with van der Waals surface area (Å²) in [7, 11) is 1.58. The van der Waals surface area contributed by atoms with Gasteiger partial charge in [-0.2, -0.15) is 0 Å². The molecule has 6 heteroatoms. The number of hydrogen-bond acceptors (Lipinski definition) is 5. The van der Waals surface area contributed by atoms with Crippen molar-refractivity contribution in [3.63, 3.8) is 0 Å². The number of nitrogens with one attached hydrogen (secondary N) is 1. The number of hydrogen-bond donors (Lipinski definition) is 1. The van der Waals surface area contributed by atoms with Gasteiger partial charge in [0.1, 0.15) is 5.75 Å². The second-order valence-electron chi connectivity index (χ2n) is 8.99. The van der Waals surface area contributed by atoms with E-state index in [4.69, 9.17) is 14.2 Å². The molecule has 36 heavy (non-hydrogen) atoms. The second kappa shape index (κ2) is 12.6. The highest BCUT2D eigenvalue weighted by atomic mass is 16.5. The van der Waals surface area contributed by atoms with Gasteiger partial charge in [0, 0.05) is 17.3 Å². The van der Waals surface area contributed by atoms with Crippen molar-refractivity contribution < 1.29 is 23.8 Å². The average molecular weight is 488 g/mol. The largest absolute Gasteiger partial charge is 0.493 e. The van der Waals surface area contributed by atoms with E-state index in [1.54, 1.807) is 43.5 Å². The van der Waals surface area contributed by atoms with E-state index in [-0.39, 0.29) is 5.91 Å². The zero-order valence-electron chi connectivity index (χ0n) is 21.5. The monoisotopic (exact) mass is 487 g/mol. The minimum atomic E-state index is -0.529. The smallest absolute Gasteiger partial charge is 0.336 e. The molecule has 0 fully saturated rings. The maximum Gasteiger partial charge on any atom is 0.336 e. The number of anilines is 1. The van der Waals surface area contributed by atoms with E-state index in [1.165, 1.54) is 6.08 Å². The average Bonchev–Trinajstić information content (AvgIpc) is 2.85. The van der Waals surface area contributed by atoms with Crippen LogP contribution < -0.4 is 19.5 Å². The van der Waals surface area contributed by atoms with Crippen LogP contribution in [0.3, 0.4) is 0 Å². The van der Waals surface area contributed by atoms with Crippen LogP contribution in [0.15, 0.2) is 66.7 Å². The molecule has 0 aliphatic heterocycles. The number of aryl methyl sites for hydroxylation is 2. The van der Waals surface area contributed by atoms with Gasteiger partial charge in [-0.25, -0.2) is 4.79 Å². The summed E-state index contributed by atoms with van der Waals surface area (Å²) >= 11 is 0. The third-order valence-corrected chi connectivity index (χ3v) is 5.53. The number of esters is 1. The molecule has 1 N–H and O–H groups in total. The summed E-state index contributed by atoms with van der Waals surface area (Å²) in [5.74, 6) is 1.41. The summed E-state index contributed by atoms with van der Waals surface area (Å²) < 4.78 is 16.6. The van der Waals surface area contributed by atoms with Crippen molar-refractivity contribution in [3.8, 4) is 17.2 Å². The molecule has 0 atom stereocenters. The van der Waals surface area contributed by atoms with Gasteiger partial charge in [-0.3, -0.25) is 4.79 Å². The molecule has 0 unspecified atom stereocenters. The van der Waals surface area contributed by atoms with Gasteiger partial charge in [-0.15, -0.1) is 0 Å². The molecule has 188 valence electrons. The molecule has 3 aromatic carbocycles. The number of methoxy groups -OCH3 is 1. The van der Waals surface area contributed by atoms with Gasteiger partial charge in [0.05, 0.1) is 13.7 Å². The molecule has 0 saturated heterocycles. The first-order chi connectivity index (χ1) is 17.2. The molecular formula is C30H33NO5. The predicted molar refractivity (Wildman–Crippen MR) is 143 cm³/mol. The van der Waals surface area contributed by atoms with Gasteiger partial charge in [0.25, 0.3) is 5.91 Å². The fraction of sp³-hybridized carbons (Fsp3) is 0.267. The van der Waals surface area contributed by atoms with Crippen molar-refractivity contribution in [2.24, 2.45) is 5.92 Å². The highest BCUT2D eigenvalue weighted by Gasteiger charge is 2.10. The lowest BCUT2D eigenvalue weighted by molar-refractivity contribution is -0.128. The molecule has 3 rings (SSSR count). The van der Waals surface area contributed by atoms with Crippen LogP contribution in [-0.4, -0.2) is 25.6 Å². The van der Waals surface area contributed by atoms with Gasteiger partial charge < -0.3 is 19.5 Å². The van der Waals surface area contributed by atoms with Gasteiger partial charge in [-0.1, -0.05) is 32.0 Å². The topological polar surface area (TPSA) is 73.9 Å². The van der Waals surface area contributed by atoms with Crippen molar-refractivity contribution in [2.45, 2.75) is 34.1 Å². The van der Waals surface area contributed by atoms with Crippen molar-refractivity contribution >= 4 is 23.6 Å². The van der Waals surface area contributed by atoms with E-state index in [0.717, 1.165) is 28.8 Å². The summed E-state index contributed by atoms with van der Waals surface area (Å²) in [5.41, 5.74) is 4.06. The van der Waals surface area contributed by atoms with Crippen LogP contribution in [0.1, 0.15) is 47.3 Å². The molecule has 0 bridgehead atoms. The van der Waals surface area contributed by atoms with Gasteiger partial charge in [0.2, 0.25) is 0 Å². The molecular weight excluding hydrogens is 454 g/mol. The van der Waals surface area contributed by atoms with Crippen LogP contribution in [-0.2, 0) is 4.79 Å². The highest BCUT2D eigenvalue weighted by Crippen LogP contribution is 2.29. The van der Waals surface area contributed by atoms with Crippen LogP contribution in [0.5, 0.6) is 17.2 Å². The van der Waals surface area contributed by atoms with Crippen molar-refractivity contribution in [2.75, 3.05) is 19.0 Å². The first kappa shape index (κ1) is 26.5. The summed E-state index contributed by atoms with van der Waals surface area (Å²) in [6.07, 6.45) is 3.94. The highest BCUT2D eigenvalue weighted by molar-refractivity contribution is 6.04. The number of carbonyl (C=O) groups excluding carboxylic acids is 2. The maximum atomic E-state index is 12.6. The van der Waals surface area contributed by atoms with E-state index in [9.17, 15) is 9.59 Å². The Bertz CT molecular complexity index is 1230. The lowest BCUT2D eigenvalue weighted by Gasteiger charge is -2.12. The van der Waals surface area contributed by atoms with Crippen LogP contribution in [0.2, 0.25) is 0 Å². The maximum absolute atomic E-state index is 12.6. The summed E-state index contributed by atoms with van der Waals surface area (Å²) in [6, 6.07) is 17.8. The molecule has 0 radical (unpaired) electrons. The minimum Gasteiger partial charge on any atom is -0.493 e. The second-order valence-corrected chi connectivity index (χ2v) is 8.99. The van der Waals surface area contributed by atoms with Crippen LogP contribution >= 0.6 is 0 Å². The SMILES string of the molecule is COc1cc(/C=C/C(=O)Oc2ccc(C(=O)Nc3cc(C)ccc3C)cc2)ccc1OCCC(C)C. The van der Waals surface area contributed by atoms with E-state index < -0.39 is 5.97 Å². The summed E-state index contributed by atoms with van der Waals surface area (Å²) in [5, 5.41) is 2.92. The molecule has 1 amide bonds. The Balaban J connectivity index is 1.57. The third-order valence-electron chi connectivity index (χ3n) is 5.53. The molecule has 0 aliphatic rings. The minimum absolute atomic E-state index is 0.230. The number of ether oxygens (including phenoxy) is 3. The standard InChI is InChI=1S/C30H33NO5/c1-20(2)16-17-35-27-14-8-23(19-28(27)34-5)9-15-29(32)36-25-12-10-24(11-13-25)30(33)31-26-18-21(3)6-7-22(26)4/h6-15,18-20H,16-17H2,1-5H3,(H,31,33)/b15-9+. The lowest BCUT2D eigenvalue weighted by Crippen LogP contribution is -2.13. The lowest BCUT2D eigenvalue weighted by atomic mass is 10.1. The van der Waals surface area contributed by atoms with Crippen LogP contribution in [0.25, 0.3) is 6.08 Å². The van der Waals surface area contributed by atoms with Gasteiger partial charge >= 0.3 is 5.97 Å². The van der Waals surface area contributed by atoms with Crippen LogP contribution in [0.4, 0.5) is 5.69 Å². The first-order valence-electron chi connectivity index (χ1n) is 11.9. The Morgan fingerprint density at radius 3 is 2.39 bits per heavy atom. The van der Waals surface area contributed by atoms with E-state index in [1.807, 2.05) is 44.2 Å². The number of amides is 1. The Morgan fingerprint density at radius 2 is 1.69 bits per heavy atom. The van der Waals surface area contributed by atoms with E-state index in [0.29, 0.717) is 35.3 Å². The Morgan fingerprint density at radius 1 is 0.944 bits per heavy atom. The quantitative estimate of drug-likeness (QED) is 0.198. The third kappa shape index (κ3) is 7.73. The Labute approximate surface area is 212 Å². The van der Waals surface area contributed by atoms with Crippen molar-refractivity contribution in [1.29, 1.82) is 0 Å². The summed E-state index contributed by atoms with van der Waals surface area (Å²) in [4.78, 5) is 24.9. The van der Waals surface area contributed by atoms with Crippen molar-refractivity contribution in [3.05, 3.63) is 89.0 Å². The van der Waals surface area contributed by atoms with Crippen LogP contribution in [0, 0.1) is 19.8 Å². The fourth-order valence-corrected chi connectivity index (χ4v) is 3.37. The molecule has 0 aromatic heterocycles. The Hall–Kier alpha value is -4.06. The van der Waals surface area contributed by atoms with Crippen molar-refractivity contribution in [1.82, 2.24) is 0 Å². The summed E-state index contributed by atoms with van der Waals surface area (Å²) in [6.45, 7) is 8.82. The predicted octanol–water partition coefficient (Wildman–Crippen LogP) is 6.61. The van der Waals surface area contributed by atoms with Gasteiger partial charge in [0.15, 0.2) is 11.5 Å². The molecule has 3 aromatic rings. The number of rotatable bonds is 10. The molecule has 0 spiro atoms. The molecule has 0 saturated carbocycles. The number of benzene rings is 3. The first-order valence-corrected chi connectivity index (χ1v) is 11.9. The molecule has 6 nitrogen and oxygen atoms in total. The Kier molecular flexibility index (Phi) is 9.28. The fourth-order valence-electron chi connectivity index (χ4n) is 3.37. The number of carbonyl (C=O) groups is 2. The zero-order valence-corrected chi connectivity index (χ0v) is 21.5. The molecule has 0 heterocycles.